The van der Waals surface area contributed by atoms with E-state index in [1.54, 1.807) is 0 Å². The Labute approximate surface area is 184 Å². The van der Waals surface area contributed by atoms with Crippen molar-refractivity contribution in [2.45, 2.75) is 104 Å². The van der Waals surface area contributed by atoms with Gasteiger partial charge >= 0.3 is 0 Å². The van der Waals surface area contributed by atoms with E-state index in [0.29, 0.717) is 35.7 Å². The molecule has 0 aromatic rings. The molecule has 0 aromatic carbocycles. The van der Waals surface area contributed by atoms with Crippen LogP contribution in [0.2, 0.25) is 0 Å². The molecule has 0 amide bonds. The molecule has 3 N–H and O–H groups in total. The largest absolute Gasteiger partial charge is 0.396 e. The molecule has 4 rings (SSSR count). The molecule has 0 aliphatic heterocycles. The quantitative estimate of drug-likeness (QED) is 0.511. The fourth-order valence-electron chi connectivity index (χ4n) is 8.69. The molecule has 30 heavy (non-hydrogen) atoms. The van der Waals surface area contributed by atoms with Crippen LogP contribution in [-0.4, -0.2) is 34.1 Å². The molecular weight excluding hydrogens is 372 g/mol. The highest BCUT2D eigenvalue weighted by molar-refractivity contribution is 5.27. The molecular formula is C27H46O3. The Morgan fingerprint density at radius 1 is 1.00 bits per heavy atom. The summed E-state index contributed by atoms with van der Waals surface area (Å²) in [6, 6.07) is 0. The van der Waals surface area contributed by atoms with E-state index >= 15 is 0 Å². The molecule has 4 aliphatic carbocycles. The monoisotopic (exact) mass is 418 g/mol. The molecule has 0 spiro atoms. The lowest BCUT2D eigenvalue weighted by molar-refractivity contribution is -0.0971. The number of rotatable bonds is 6. The molecule has 10 atom stereocenters. The van der Waals surface area contributed by atoms with E-state index in [1.165, 1.54) is 44.1 Å². The van der Waals surface area contributed by atoms with Crippen molar-refractivity contribution in [1.29, 1.82) is 0 Å². The minimum atomic E-state index is -0.326. The Balaban J connectivity index is 1.50. The van der Waals surface area contributed by atoms with Crippen molar-refractivity contribution in [3.63, 3.8) is 0 Å². The summed E-state index contributed by atoms with van der Waals surface area (Å²) >= 11 is 0. The summed E-state index contributed by atoms with van der Waals surface area (Å²) in [6.07, 6.45) is 13.2. The third-order valence-corrected chi connectivity index (χ3v) is 10.5. The Morgan fingerprint density at radius 2 is 1.77 bits per heavy atom. The van der Waals surface area contributed by atoms with Gasteiger partial charge < -0.3 is 15.3 Å². The van der Waals surface area contributed by atoms with Gasteiger partial charge in [-0.3, -0.25) is 0 Å². The second-order valence-corrected chi connectivity index (χ2v) is 12.2. The smallest absolute Gasteiger partial charge is 0.0757 e. The molecule has 0 aromatic heterocycles. The van der Waals surface area contributed by atoms with E-state index in [2.05, 4.69) is 33.8 Å². The molecule has 0 heterocycles. The van der Waals surface area contributed by atoms with Gasteiger partial charge in [-0.15, -0.1) is 0 Å². The van der Waals surface area contributed by atoms with Gasteiger partial charge in [-0.1, -0.05) is 52.2 Å². The van der Waals surface area contributed by atoms with E-state index in [-0.39, 0.29) is 17.6 Å². The predicted octanol–water partition coefficient (Wildman–Crippen LogP) is 5.33. The van der Waals surface area contributed by atoms with Crippen molar-refractivity contribution in [2.24, 2.45) is 46.3 Å². The SMILES string of the molecule is CC(CO)CCC[C@@H](C)[C@H]1CC[C@H]2[C@@H]3[C@@H](O)C=C4C[C@@H](O)CC[C@]4(C)[C@H]3CC[C@]12C. The molecule has 0 radical (unpaired) electrons. The summed E-state index contributed by atoms with van der Waals surface area (Å²) in [7, 11) is 0. The molecule has 0 bridgehead atoms. The fourth-order valence-corrected chi connectivity index (χ4v) is 8.69. The Morgan fingerprint density at radius 3 is 2.50 bits per heavy atom. The van der Waals surface area contributed by atoms with Gasteiger partial charge in [0.2, 0.25) is 0 Å². The molecule has 1 unspecified atom stereocenters. The molecule has 172 valence electrons. The highest BCUT2D eigenvalue weighted by atomic mass is 16.3. The van der Waals surface area contributed by atoms with Crippen LogP contribution in [0.4, 0.5) is 0 Å². The number of aliphatic hydroxyl groups is 3. The van der Waals surface area contributed by atoms with Gasteiger partial charge in [0.1, 0.15) is 0 Å². The maximum Gasteiger partial charge on any atom is 0.0757 e. The van der Waals surface area contributed by atoms with Gasteiger partial charge in [-0.05, 0) is 97.7 Å². The minimum absolute atomic E-state index is 0.189. The van der Waals surface area contributed by atoms with Gasteiger partial charge in [0.15, 0.2) is 0 Å². The van der Waals surface area contributed by atoms with Crippen LogP contribution in [-0.2, 0) is 0 Å². The predicted molar refractivity (Wildman–Crippen MR) is 122 cm³/mol. The standard InChI is InChI=1S/C27H46O3/c1-17(16-28)6-5-7-18(2)21-8-9-22-25-23(11-13-27(21,22)4)26(3)12-10-20(29)14-19(26)15-24(25)30/h15,17-18,20-25,28-30H,5-14,16H2,1-4H3/t17?,18-,20+,21-,22+,23+,24+,25+,26+,27-/m1/s1. The maximum atomic E-state index is 11.3. The number of aliphatic hydroxyl groups excluding tert-OH is 3. The van der Waals surface area contributed by atoms with Gasteiger partial charge in [0, 0.05) is 6.61 Å². The highest BCUT2D eigenvalue weighted by Gasteiger charge is 2.61. The van der Waals surface area contributed by atoms with Crippen molar-refractivity contribution >= 4 is 0 Å². The lowest BCUT2D eigenvalue weighted by Crippen LogP contribution is -2.54. The van der Waals surface area contributed by atoms with Crippen LogP contribution in [0.3, 0.4) is 0 Å². The van der Waals surface area contributed by atoms with Crippen LogP contribution in [0.5, 0.6) is 0 Å². The van der Waals surface area contributed by atoms with E-state index in [4.69, 9.17) is 0 Å². The molecule has 3 nitrogen and oxygen atoms in total. The van der Waals surface area contributed by atoms with Crippen molar-refractivity contribution in [3.05, 3.63) is 11.6 Å². The third kappa shape index (κ3) is 3.71. The third-order valence-electron chi connectivity index (χ3n) is 10.5. The topological polar surface area (TPSA) is 60.7 Å². The molecule has 3 heteroatoms. The molecule has 3 fully saturated rings. The molecule has 0 saturated heterocycles. The number of fused-ring (bicyclic) bond motifs is 5. The summed E-state index contributed by atoms with van der Waals surface area (Å²) < 4.78 is 0. The van der Waals surface area contributed by atoms with E-state index in [9.17, 15) is 15.3 Å². The fraction of sp³-hybridized carbons (Fsp3) is 0.926. The van der Waals surface area contributed by atoms with Gasteiger partial charge in [0.05, 0.1) is 12.2 Å². The van der Waals surface area contributed by atoms with Crippen LogP contribution in [0.15, 0.2) is 11.6 Å². The lowest BCUT2D eigenvalue weighted by Gasteiger charge is -2.59. The van der Waals surface area contributed by atoms with Crippen molar-refractivity contribution in [2.75, 3.05) is 6.61 Å². The van der Waals surface area contributed by atoms with Crippen LogP contribution >= 0.6 is 0 Å². The summed E-state index contributed by atoms with van der Waals surface area (Å²) in [6.45, 7) is 9.92. The van der Waals surface area contributed by atoms with E-state index in [0.717, 1.165) is 37.5 Å². The summed E-state index contributed by atoms with van der Waals surface area (Å²) in [4.78, 5) is 0. The van der Waals surface area contributed by atoms with Gasteiger partial charge in [-0.2, -0.15) is 0 Å². The number of hydrogen-bond donors (Lipinski definition) is 3. The summed E-state index contributed by atoms with van der Waals surface area (Å²) in [5.74, 6) is 3.54. The first-order valence-corrected chi connectivity index (χ1v) is 12.9. The normalized spacial score (nSPS) is 47.6. The first-order chi connectivity index (χ1) is 14.2. The zero-order valence-electron chi connectivity index (χ0n) is 19.8. The van der Waals surface area contributed by atoms with Crippen molar-refractivity contribution in [3.8, 4) is 0 Å². The first kappa shape index (κ1) is 22.8. The Kier molecular flexibility index (Phi) is 6.48. The average molecular weight is 419 g/mol. The second kappa shape index (κ2) is 8.52. The Hall–Kier alpha value is -0.380. The maximum absolute atomic E-state index is 11.3. The molecule has 3 saturated carbocycles. The first-order valence-electron chi connectivity index (χ1n) is 12.9. The number of hydrogen-bond acceptors (Lipinski definition) is 3. The molecule has 4 aliphatic rings. The van der Waals surface area contributed by atoms with Gasteiger partial charge in [0.25, 0.3) is 0 Å². The van der Waals surface area contributed by atoms with Crippen LogP contribution < -0.4 is 0 Å². The van der Waals surface area contributed by atoms with E-state index in [1.807, 2.05) is 0 Å². The lowest BCUT2D eigenvalue weighted by atomic mass is 9.46. The zero-order valence-corrected chi connectivity index (χ0v) is 19.8. The summed E-state index contributed by atoms with van der Waals surface area (Å²) in [5, 5.41) is 30.8. The van der Waals surface area contributed by atoms with E-state index < -0.39 is 0 Å². The Bertz CT molecular complexity index is 644. The zero-order chi connectivity index (χ0) is 21.7. The van der Waals surface area contributed by atoms with Gasteiger partial charge in [-0.25, -0.2) is 0 Å². The van der Waals surface area contributed by atoms with Crippen LogP contribution in [0.25, 0.3) is 0 Å². The summed E-state index contributed by atoms with van der Waals surface area (Å²) in [5.41, 5.74) is 1.90. The highest BCUT2D eigenvalue weighted by Crippen LogP contribution is 2.67. The average Bonchev–Trinajstić information content (AvgIpc) is 3.06. The van der Waals surface area contributed by atoms with Crippen molar-refractivity contribution in [1.82, 2.24) is 0 Å². The van der Waals surface area contributed by atoms with Crippen molar-refractivity contribution < 1.29 is 15.3 Å². The minimum Gasteiger partial charge on any atom is -0.396 e. The van der Waals surface area contributed by atoms with Crippen LogP contribution in [0, 0.1) is 46.3 Å². The second-order valence-electron chi connectivity index (χ2n) is 12.2. The van der Waals surface area contributed by atoms with Crippen LogP contribution in [0.1, 0.15) is 91.9 Å².